The van der Waals surface area contributed by atoms with Crippen LogP contribution in [0.15, 0.2) is 0 Å². The van der Waals surface area contributed by atoms with Crippen molar-refractivity contribution in [2.24, 2.45) is 29.6 Å². The molecule has 1 saturated heterocycles. The van der Waals surface area contributed by atoms with Gasteiger partial charge in [0, 0.05) is 30.3 Å². The summed E-state index contributed by atoms with van der Waals surface area (Å²) < 4.78 is 47.2. The molecule has 0 bridgehead atoms. The largest absolute Gasteiger partial charge is 0.396 e. The van der Waals surface area contributed by atoms with Crippen molar-refractivity contribution in [3.8, 4) is 0 Å². The summed E-state index contributed by atoms with van der Waals surface area (Å²) in [6.07, 6.45) is -39.3. The lowest BCUT2D eigenvalue weighted by Crippen LogP contribution is -2.62. The molecule has 0 amide bonds. The molecular formula is C47H84O28. The fourth-order valence-electron chi connectivity index (χ4n) is 11.4. The maximum atomic E-state index is 11.5. The van der Waals surface area contributed by atoms with Gasteiger partial charge in [0.1, 0.15) is 91.6 Å². The fourth-order valence-corrected chi connectivity index (χ4v) is 11.4. The van der Waals surface area contributed by atoms with Crippen molar-refractivity contribution in [3.05, 3.63) is 0 Å². The van der Waals surface area contributed by atoms with Crippen LogP contribution in [0, 0.1) is 29.6 Å². The third-order valence-corrected chi connectivity index (χ3v) is 16.2. The van der Waals surface area contributed by atoms with E-state index >= 15 is 0 Å². The summed E-state index contributed by atoms with van der Waals surface area (Å²) in [4.78, 5) is 0. The lowest BCUT2D eigenvalue weighted by Gasteiger charge is -2.45. The molecule has 20 N–H and O–H groups in total. The first-order valence-corrected chi connectivity index (χ1v) is 26.0. The third kappa shape index (κ3) is 14.9. The Balaban J connectivity index is 1.12. The van der Waals surface area contributed by atoms with Crippen molar-refractivity contribution in [1.29, 1.82) is 0 Å². The molecule has 6 rings (SSSR count). The summed E-state index contributed by atoms with van der Waals surface area (Å²) >= 11 is 0. The maximum absolute atomic E-state index is 11.5. The van der Waals surface area contributed by atoms with E-state index in [1.54, 1.807) is 6.92 Å². The Kier molecular flexibility index (Phi) is 24.0. The molecule has 1 aliphatic heterocycles. The zero-order valence-electron chi connectivity index (χ0n) is 41.7. The second kappa shape index (κ2) is 28.5. The van der Waals surface area contributed by atoms with Crippen LogP contribution in [0.5, 0.6) is 0 Å². The highest BCUT2D eigenvalue weighted by molar-refractivity contribution is 5.00. The summed E-state index contributed by atoms with van der Waals surface area (Å²) in [5.41, 5.74) is 0. The first kappa shape index (κ1) is 63.1. The molecule has 31 atom stereocenters. The minimum atomic E-state index is -1.89. The van der Waals surface area contributed by atoms with E-state index in [0.717, 1.165) is 0 Å². The number of rotatable bonds is 23. The fraction of sp³-hybridized carbons (Fsp3) is 1.00. The van der Waals surface area contributed by atoms with Gasteiger partial charge in [-0.15, -0.1) is 0 Å². The minimum Gasteiger partial charge on any atom is -0.396 e. The van der Waals surface area contributed by atoms with E-state index in [2.05, 4.69) is 0 Å². The second-order valence-corrected chi connectivity index (χ2v) is 21.4. The SMILES string of the molecule is CCC1CC(OCC2CC(OCC3CC(O)C(O)C(O)C3O)C(OCC(O)COC3C(OCC4CC(O)C(O)C(O)C4O)OC(COC4CC(CO)C(OCCO)C(O)C4O)C(O)C3O)C(O)C2O)C(O)C(O)C1O. The predicted molar refractivity (Wildman–Crippen MR) is 246 cm³/mol. The van der Waals surface area contributed by atoms with Gasteiger partial charge in [-0.1, -0.05) is 13.3 Å². The average Bonchev–Trinajstić information content (AvgIpc) is 3.39. The highest BCUT2D eigenvalue weighted by Gasteiger charge is 2.52. The van der Waals surface area contributed by atoms with E-state index in [1.807, 2.05) is 0 Å². The van der Waals surface area contributed by atoms with Crippen molar-refractivity contribution in [2.45, 2.75) is 204 Å². The Morgan fingerprint density at radius 1 is 0.387 bits per heavy atom. The maximum Gasteiger partial charge on any atom is 0.186 e. The molecule has 0 aromatic rings. The standard InChI is InChI=1S/C47H84O28/c1-2-17-7-25(35(59)40(64)29(17)53)69-12-21-9-27(70-11-19-5-23(51)33(57)38(62)30(19)54)45(41(65)32(21)56)72-14-22(50)15-73-46-43(67)37(61)28(75-47(46)74-13-20-6-24(52)34(58)39(63)31(20)55)16-71-26-8-18(10-49)44(68-4-3-48)42(66)36(26)60/h17-67H,2-16H2,1H3. The molecule has 5 aliphatic carbocycles. The van der Waals surface area contributed by atoms with Crippen LogP contribution < -0.4 is 0 Å². The van der Waals surface area contributed by atoms with Gasteiger partial charge in [-0.3, -0.25) is 0 Å². The first-order valence-electron chi connectivity index (χ1n) is 26.0. The summed E-state index contributed by atoms with van der Waals surface area (Å²) in [6.45, 7) is -2.33. The molecule has 1 heterocycles. The van der Waals surface area contributed by atoms with Crippen LogP contribution in [0.1, 0.15) is 45.4 Å². The molecule has 6 aliphatic rings. The molecule has 28 heteroatoms. The average molecular weight is 1100 g/mol. The Morgan fingerprint density at radius 3 is 1.37 bits per heavy atom. The normalized spacial score (nSPS) is 49.4. The highest BCUT2D eigenvalue weighted by atomic mass is 16.7. The first-order chi connectivity index (χ1) is 35.5. The lowest BCUT2D eigenvalue weighted by atomic mass is 9.78. The van der Waals surface area contributed by atoms with Gasteiger partial charge in [-0.2, -0.15) is 0 Å². The van der Waals surface area contributed by atoms with Gasteiger partial charge >= 0.3 is 0 Å². The molecule has 31 unspecified atom stereocenters. The summed E-state index contributed by atoms with van der Waals surface area (Å²) in [6, 6.07) is 0. The Hall–Kier alpha value is -1.12. The quantitative estimate of drug-likeness (QED) is 0.0452. The van der Waals surface area contributed by atoms with Crippen LogP contribution in [-0.2, 0) is 37.9 Å². The molecule has 6 fully saturated rings. The van der Waals surface area contributed by atoms with Crippen molar-refractivity contribution >= 4 is 0 Å². The van der Waals surface area contributed by atoms with E-state index in [0.29, 0.717) is 6.42 Å². The number of hydrogen-bond donors (Lipinski definition) is 20. The van der Waals surface area contributed by atoms with Gasteiger partial charge in [0.15, 0.2) is 6.29 Å². The monoisotopic (exact) mass is 1100 g/mol. The van der Waals surface area contributed by atoms with Crippen molar-refractivity contribution in [3.63, 3.8) is 0 Å². The van der Waals surface area contributed by atoms with Crippen molar-refractivity contribution in [1.82, 2.24) is 0 Å². The van der Waals surface area contributed by atoms with Gasteiger partial charge in [-0.25, -0.2) is 0 Å². The number of aliphatic hydroxyl groups excluding tert-OH is 20. The Labute approximate surface area is 432 Å². The molecular weight excluding hydrogens is 1010 g/mol. The molecule has 440 valence electrons. The third-order valence-electron chi connectivity index (χ3n) is 16.2. The molecule has 0 spiro atoms. The van der Waals surface area contributed by atoms with Crippen LogP contribution >= 0.6 is 0 Å². The van der Waals surface area contributed by atoms with Gasteiger partial charge in [0.2, 0.25) is 0 Å². The predicted octanol–water partition coefficient (Wildman–Crippen LogP) is -9.97. The number of aliphatic hydroxyl groups is 20. The van der Waals surface area contributed by atoms with Gasteiger partial charge < -0.3 is 140 Å². The van der Waals surface area contributed by atoms with Crippen LogP contribution in [0.25, 0.3) is 0 Å². The molecule has 75 heavy (non-hydrogen) atoms. The zero-order chi connectivity index (χ0) is 55.2. The molecule has 28 nitrogen and oxygen atoms in total. The van der Waals surface area contributed by atoms with E-state index in [-0.39, 0.29) is 58.5 Å². The van der Waals surface area contributed by atoms with E-state index < -0.39 is 222 Å². The topological polar surface area (TPSA) is 478 Å². The highest BCUT2D eigenvalue weighted by Crippen LogP contribution is 2.37. The number of hydrogen-bond acceptors (Lipinski definition) is 28. The Bertz CT molecular complexity index is 1660. The lowest BCUT2D eigenvalue weighted by molar-refractivity contribution is -0.322. The molecule has 0 aromatic heterocycles. The summed E-state index contributed by atoms with van der Waals surface area (Å²) in [7, 11) is 0. The van der Waals surface area contributed by atoms with Crippen LogP contribution in [0.3, 0.4) is 0 Å². The van der Waals surface area contributed by atoms with Gasteiger partial charge in [0.05, 0.1) is 114 Å². The van der Waals surface area contributed by atoms with E-state index in [1.165, 1.54) is 0 Å². The zero-order valence-corrected chi connectivity index (χ0v) is 41.7. The van der Waals surface area contributed by atoms with E-state index in [4.69, 9.17) is 37.9 Å². The molecule has 0 radical (unpaired) electrons. The number of ether oxygens (including phenoxy) is 8. The van der Waals surface area contributed by atoms with Gasteiger partial charge in [-0.05, 0) is 38.0 Å². The summed E-state index contributed by atoms with van der Waals surface area (Å²) in [5.74, 6) is -4.03. The summed E-state index contributed by atoms with van der Waals surface area (Å²) in [5, 5.41) is 212. The van der Waals surface area contributed by atoms with Crippen LogP contribution in [0.2, 0.25) is 0 Å². The van der Waals surface area contributed by atoms with E-state index in [9.17, 15) is 102 Å². The van der Waals surface area contributed by atoms with Crippen molar-refractivity contribution < 1.29 is 140 Å². The van der Waals surface area contributed by atoms with Crippen LogP contribution in [-0.4, -0.2) is 320 Å². The molecule has 0 aromatic carbocycles. The second-order valence-electron chi connectivity index (χ2n) is 21.4. The van der Waals surface area contributed by atoms with Crippen LogP contribution in [0.4, 0.5) is 0 Å². The van der Waals surface area contributed by atoms with Gasteiger partial charge in [0.25, 0.3) is 0 Å². The minimum absolute atomic E-state index is 0.0529. The van der Waals surface area contributed by atoms with Crippen molar-refractivity contribution in [2.75, 3.05) is 59.5 Å². The molecule has 5 saturated carbocycles. The Morgan fingerprint density at radius 2 is 0.813 bits per heavy atom. The smallest absolute Gasteiger partial charge is 0.186 e.